The summed E-state index contributed by atoms with van der Waals surface area (Å²) in [5.74, 6) is -0.703. The molecule has 1 aromatic carbocycles. The number of halogens is 2. The van der Waals surface area contributed by atoms with E-state index in [1.807, 2.05) is 6.92 Å². The second kappa shape index (κ2) is 5.96. The molecule has 3 nitrogen and oxygen atoms in total. The SMILES string of the molecule is CCC[C@H](N)C(=O)Nc1ccc(Br)c(F)c1. The molecular weight excluding hydrogens is 275 g/mol. The van der Waals surface area contributed by atoms with E-state index < -0.39 is 11.9 Å². The van der Waals surface area contributed by atoms with Gasteiger partial charge in [-0.15, -0.1) is 0 Å². The Morgan fingerprint density at radius 3 is 2.88 bits per heavy atom. The smallest absolute Gasteiger partial charge is 0.241 e. The van der Waals surface area contributed by atoms with Crippen LogP contribution in [-0.4, -0.2) is 11.9 Å². The van der Waals surface area contributed by atoms with E-state index in [0.717, 1.165) is 6.42 Å². The quantitative estimate of drug-likeness (QED) is 0.895. The predicted octanol–water partition coefficient (Wildman–Crippen LogP) is 2.65. The van der Waals surface area contributed by atoms with Gasteiger partial charge in [-0.2, -0.15) is 0 Å². The van der Waals surface area contributed by atoms with Crippen LogP contribution in [0.15, 0.2) is 22.7 Å². The predicted molar refractivity (Wildman–Crippen MR) is 65.6 cm³/mol. The van der Waals surface area contributed by atoms with Gasteiger partial charge >= 0.3 is 0 Å². The van der Waals surface area contributed by atoms with Crippen LogP contribution in [0.1, 0.15) is 19.8 Å². The third-order valence-corrected chi connectivity index (χ3v) is 2.77. The third kappa shape index (κ3) is 3.57. The molecule has 1 aromatic rings. The minimum atomic E-state index is -0.545. The summed E-state index contributed by atoms with van der Waals surface area (Å²) >= 11 is 3.04. The van der Waals surface area contributed by atoms with Crippen molar-refractivity contribution in [1.82, 2.24) is 0 Å². The van der Waals surface area contributed by atoms with Gasteiger partial charge in [-0.1, -0.05) is 13.3 Å². The molecule has 3 N–H and O–H groups in total. The number of rotatable bonds is 4. The van der Waals surface area contributed by atoms with Crippen molar-refractivity contribution in [3.63, 3.8) is 0 Å². The van der Waals surface area contributed by atoms with Gasteiger partial charge in [0.1, 0.15) is 5.82 Å². The zero-order valence-electron chi connectivity index (χ0n) is 8.97. The molecule has 1 rings (SSSR count). The maximum Gasteiger partial charge on any atom is 0.241 e. The van der Waals surface area contributed by atoms with Crippen LogP contribution in [0, 0.1) is 5.82 Å². The van der Waals surface area contributed by atoms with Crippen molar-refractivity contribution in [2.45, 2.75) is 25.8 Å². The van der Waals surface area contributed by atoms with E-state index in [2.05, 4.69) is 21.2 Å². The highest BCUT2D eigenvalue weighted by atomic mass is 79.9. The summed E-state index contributed by atoms with van der Waals surface area (Å²) in [4.78, 5) is 11.5. The number of hydrogen-bond acceptors (Lipinski definition) is 2. The number of anilines is 1. The number of carbonyl (C=O) groups excluding carboxylic acids is 1. The monoisotopic (exact) mass is 288 g/mol. The van der Waals surface area contributed by atoms with Gasteiger partial charge in [0.25, 0.3) is 0 Å². The Morgan fingerprint density at radius 1 is 1.62 bits per heavy atom. The Bertz CT molecular complexity index is 384. The molecule has 0 spiro atoms. The van der Waals surface area contributed by atoms with Crippen LogP contribution >= 0.6 is 15.9 Å². The Balaban J connectivity index is 2.66. The van der Waals surface area contributed by atoms with Crippen LogP contribution in [0.3, 0.4) is 0 Å². The van der Waals surface area contributed by atoms with Gasteiger partial charge in [-0.05, 0) is 40.5 Å². The number of carbonyl (C=O) groups is 1. The first-order valence-electron chi connectivity index (χ1n) is 5.06. The van der Waals surface area contributed by atoms with Crippen molar-refractivity contribution in [3.05, 3.63) is 28.5 Å². The lowest BCUT2D eigenvalue weighted by Crippen LogP contribution is -2.35. The average Bonchev–Trinajstić information content (AvgIpc) is 2.24. The first-order chi connectivity index (χ1) is 7.54. The van der Waals surface area contributed by atoms with E-state index in [1.165, 1.54) is 12.1 Å². The number of nitrogens with one attached hydrogen (secondary N) is 1. The molecule has 0 aliphatic rings. The van der Waals surface area contributed by atoms with Gasteiger partial charge in [0.15, 0.2) is 0 Å². The summed E-state index contributed by atoms with van der Waals surface area (Å²) in [6.07, 6.45) is 1.45. The van der Waals surface area contributed by atoms with Crippen molar-refractivity contribution in [1.29, 1.82) is 0 Å². The van der Waals surface area contributed by atoms with Crippen LogP contribution in [0.4, 0.5) is 10.1 Å². The van der Waals surface area contributed by atoms with E-state index >= 15 is 0 Å². The fraction of sp³-hybridized carbons (Fsp3) is 0.364. The minimum absolute atomic E-state index is 0.288. The topological polar surface area (TPSA) is 55.1 Å². The fourth-order valence-electron chi connectivity index (χ4n) is 1.25. The summed E-state index contributed by atoms with van der Waals surface area (Å²) in [6, 6.07) is 3.86. The molecular formula is C11H14BrFN2O. The van der Waals surface area contributed by atoms with E-state index in [9.17, 15) is 9.18 Å². The number of hydrogen-bond donors (Lipinski definition) is 2. The van der Waals surface area contributed by atoms with E-state index in [1.54, 1.807) is 6.07 Å². The van der Waals surface area contributed by atoms with Crippen molar-refractivity contribution in [3.8, 4) is 0 Å². The molecule has 0 bridgehead atoms. The third-order valence-electron chi connectivity index (χ3n) is 2.12. The second-order valence-electron chi connectivity index (χ2n) is 3.51. The molecule has 0 fully saturated rings. The largest absolute Gasteiger partial charge is 0.325 e. The maximum absolute atomic E-state index is 13.1. The summed E-state index contributed by atoms with van der Waals surface area (Å²) in [5.41, 5.74) is 6.04. The summed E-state index contributed by atoms with van der Waals surface area (Å²) in [7, 11) is 0. The Morgan fingerprint density at radius 2 is 2.31 bits per heavy atom. The lowest BCUT2D eigenvalue weighted by molar-refractivity contribution is -0.117. The van der Waals surface area contributed by atoms with Crippen LogP contribution in [-0.2, 0) is 4.79 Å². The molecule has 0 aliphatic heterocycles. The van der Waals surface area contributed by atoms with Gasteiger partial charge < -0.3 is 11.1 Å². The molecule has 0 heterocycles. The normalized spacial score (nSPS) is 12.2. The molecule has 88 valence electrons. The van der Waals surface area contributed by atoms with Gasteiger partial charge in [-0.25, -0.2) is 4.39 Å². The first kappa shape index (κ1) is 13.1. The fourth-order valence-corrected chi connectivity index (χ4v) is 1.50. The molecule has 0 saturated heterocycles. The summed E-state index contributed by atoms with van der Waals surface area (Å²) in [5, 5.41) is 2.57. The first-order valence-corrected chi connectivity index (χ1v) is 5.85. The molecule has 0 radical (unpaired) electrons. The highest BCUT2D eigenvalue weighted by molar-refractivity contribution is 9.10. The van der Waals surface area contributed by atoms with E-state index in [0.29, 0.717) is 16.6 Å². The molecule has 0 aromatic heterocycles. The second-order valence-corrected chi connectivity index (χ2v) is 4.37. The zero-order chi connectivity index (χ0) is 12.1. The lowest BCUT2D eigenvalue weighted by Gasteiger charge is -2.11. The van der Waals surface area contributed by atoms with Gasteiger partial charge in [-0.3, -0.25) is 4.79 Å². The highest BCUT2D eigenvalue weighted by Crippen LogP contribution is 2.19. The van der Waals surface area contributed by atoms with Crippen LogP contribution in [0.5, 0.6) is 0 Å². The molecule has 0 saturated carbocycles. The van der Waals surface area contributed by atoms with Crippen LogP contribution < -0.4 is 11.1 Å². The van der Waals surface area contributed by atoms with Gasteiger partial charge in [0, 0.05) is 5.69 Å². The summed E-state index contributed by atoms with van der Waals surface area (Å²) in [6.45, 7) is 1.95. The minimum Gasteiger partial charge on any atom is -0.325 e. The Kier molecular flexibility index (Phi) is 4.89. The van der Waals surface area contributed by atoms with Gasteiger partial charge in [0.2, 0.25) is 5.91 Å². The molecule has 5 heteroatoms. The number of nitrogens with two attached hydrogens (primary N) is 1. The Labute approximate surface area is 102 Å². The van der Waals surface area contributed by atoms with Crippen molar-refractivity contribution >= 4 is 27.5 Å². The van der Waals surface area contributed by atoms with Crippen molar-refractivity contribution < 1.29 is 9.18 Å². The molecule has 0 aliphatic carbocycles. The van der Waals surface area contributed by atoms with Crippen molar-refractivity contribution in [2.75, 3.05) is 5.32 Å². The molecule has 1 amide bonds. The average molecular weight is 289 g/mol. The highest BCUT2D eigenvalue weighted by Gasteiger charge is 2.12. The lowest BCUT2D eigenvalue weighted by atomic mass is 10.1. The zero-order valence-corrected chi connectivity index (χ0v) is 10.6. The maximum atomic E-state index is 13.1. The Hall–Kier alpha value is -0.940. The van der Waals surface area contributed by atoms with E-state index in [4.69, 9.17) is 5.73 Å². The summed E-state index contributed by atoms with van der Waals surface area (Å²) < 4.78 is 13.5. The number of amides is 1. The number of benzene rings is 1. The van der Waals surface area contributed by atoms with E-state index in [-0.39, 0.29) is 5.91 Å². The van der Waals surface area contributed by atoms with Crippen molar-refractivity contribution in [2.24, 2.45) is 5.73 Å². The van der Waals surface area contributed by atoms with Crippen LogP contribution in [0.2, 0.25) is 0 Å². The van der Waals surface area contributed by atoms with Crippen LogP contribution in [0.25, 0.3) is 0 Å². The standard InChI is InChI=1S/C11H14BrFN2O/c1-2-3-10(14)11(16)15-7-4-5-8(12)9(13)6-7/h4-6,10H,2-3,14H2,1H3,(H,15,16)/t10-/m0/s1. The molecule has 0 unspecified atom stereocenters. The molecule has 1 atom stereocenters. The molecule has 16 heavy (non-hydrogen) atoms. The van der Waals surface area contributed by atoms with Gasteiger partial charge in [0.05, 0.1) is 10.5 Å².